The molecular weight excluding hydrogens is 198 g/mol. The van der Waals surface area contributed by atoms with Gasteiger partial charge in [-0.1, -0.05) is 25.0 Å². The van der Waals surface area contributed by atoms with Gasteiger partial charge in [-0.15, -0.1) is 5.92 Å². The average molecular weight is 217 g/mol. The second-order valence-electron chi connectivity index (χ2n) is 3.74. The van der Waals surface area contributed by atoms with Gasteiger partial charge >= 0.3 is 0 Å². The summed E-state index contributed by atoms with van der Waals surface area (Å²) in [5, 5.41) is 0. The van der Waals surface area contributed by atoms with Crippen LogP contribution < -0.4 is 10.5 Å². The molecule has 0 radical (unpaired) electrons. The fraction of sp³-hybridized carbons (Fsp3) is 0.429. The molecule has 1 aromatic rings. The van der Waals surface area contributed by atoms with Gasteiger partial charge < -0.3 is 10.5 Å². The van der Waals surface area contributed by atoms with Crippen LogP contribution in [0.2, 0.25) is 0 Å². The molecule has 86 valence electrons. The highest BCUT2D eigenvalue weighted by molar-refractivity contribution is 5.29. The number of hydrogen-bond donors (Lipinski definition) is 1. The lowest BCUT2D eigenvalue weighted by molar-refractivity contribution is 0.369. The lowest BCUT2D eigenvalue weighted by Gasteiger charge is -2.09. The number of hydrogen-bond acceptors (Lipinski definition) is 2. The standard InChI is InChI=1S/C14H19NO/c1-3-5-9-16-14-8-6-7-12(11-14)10-13(15)4-2/h6-8,11,13H,4,9-10,15H2,1-2H3. The van der Waals surface area contributed by atoms with E-state index in [0.717, 1.165) is 18.6 Å². The zero-order valence-corrected chi connectivity index (χ0v) is 9.99. The molecule has 0 aliphatic rings. The van der Waals surface area contributed by atoms with Crippen LogP contribution in [0, 0.1) is 11.8 Å². The minimum Gasteiger partial charge on any atom is -0.481 e. The van der Waals surface area contributed by atoms with E-state index < -0.39 is 0 Å². The fourth-order valence-electron chi connectivity index (χ4n) is 1.40. The molecule has 2 heteroatoms. The highest BCUT2D eigenvalue weighted by atomic mass is 16.5. The second kappa shape index (κ2) is 6.92. The van der Waals surface area contributed by atoms with E-state index in [4.69, 9.17) is 10.5 Å². The summed E-state index contributed by atoms with van der Waals surface area (Å²) < 4.78 is 5.49. The van der Waals surface area contributed by atoms with Gasteiger partial charge in [0.1, 0.15) is 12.4 Å². The van der Waals surface area contributed by atoms with E-state index in [9.17, 15) is 0 Å². The summed E-state index contributed by atoms with van der Waals surface area (Å²) in [5.41, 5.74) is 7.13. The summed E-state index contributed by atoms with van der Waals surface area (Å²) in [6.45, 7) is 4.35. The van der Waals surface area contributed by atoms with Gasteiger partial charge in [0, 0.05) is 6.04 Å². The quantitative estimate of drug-likeness (QED) is 0.768. The second-order valence-corrected chi connectivity index (χ2v) is 3.74. The summed E-state index contributed by atoms with van der Waals surface area (Å²) in [4.78, 5) is 0. The van der Waals surface area contributed by atoms with Crippen molar-refractivity contribution in [3.8, 4) is 17.6 Å². The first-order chi connectivity index (χ1) is 7.76. The molecule has 0 spiro atoms. The molecule has 0 saturated carbocycles. The maximum absolute atomic E-state index is 5.91. The molecule has 0 heterocycles. The number of benzene rings is 1. The van der Waals surface area contributed by atoms with Crippen molar-refractivity contribution in [1.29, 1.82) is 0 Å². The maximum atomic E-state index is 5.91. The van der Waals surface area contributed by atoms with Crippen LogP contribution in [-0.4, -0.2) is 12.6 Å². The van der Waals surface area contributed by atoms with Gasteiger partial charge in [0.15, 0.2) is 0 Å². The van der Waals surface area contributed by atoms with Crippen molar-refractivity contribution in [2.45, 2.75) is 32.7 Å². The van der Waals surface area contributed by atoms with E-state index >= 15 is 0 Å². The van der Waals surface area contributed by atoms with Crippen LogP contribution in [0.5, 0.6) is 5.75 Å². The Balaban J connectivity index is 2.58. The average Bonchev–Trinajstić information content (AvgIpc) is 2.30. The van der Waals surface area contributed by atoms with Crippen LogP contribution in [0.3, 0.4) is 0 Å². The Labute approximate surface area is 97.8 Å². The van der Waals surface area contributed by atoms with Gasteiger partial charge in [-0.3, -0.25) is 0 Å². The lowest BCUT2D eigenvalue weighted by Crippen LogP contribution is -2.21. The summed E-state index contributed by atoms with van der Waals surface area (Å²) >= 11 is 0. The molecule has 0 amide bonds. The van der Waals surface area contributed by atoms with Crippen LogP contribution in [-0.2, 0) is 6.42 Å². The normalized spacial score (nSPS) is 11.4. The summed E-state index contributed by atoms with van der Waals surface area (Å²) in [6, 6.07) is 8.27. The summed E-state index contributed by atoms with van der Waals surface area (Å²) in [6.07, 6.45) is 1.89. The first kappa shape index (κ1) is 12.6. The highest BCUT2D eigenvalue weighted by Crippen LogP contribution is 2.14. The minimum absolute atomic E-state index is 0.227. The molecule has 1 aromatic carbocycles. The van der Waals surface area contributed by atoms with E-state index in [1.165, 1.54) is 5.56 Å². The SMILES string of the molecule is CC#CCOc1cccc(CC(N)CC)c1. The topological polar surface area (TPSA) is 35.2 Å². The molecule has 0 bridgehead atoms. The minimum atomic E-state index is 0.227. The summed E-state index contributed by atoms with van der Waals surface area (Å²) in [7, 11) is 0. The zero-order chi connectivity index (χ0) is 11.8. The van der Waals surface area contributed by atoms with Crippen LogP contribution in [0.15, 0.2) is 24.3 Å². The summed E-state index contributed by atoms with van der Waals surface area (Å²) in [5.74, 6) is 6.53. The third-order valence-electron chi connectivity index (χ3n) is 2.41. The van der Waals surface area contributed by atoms with E-state index in [1.54, 1.807) is 6.92 Å². The van der Waals surface area contributed by atoms with Crippen molar-refractivity contribution < 1.29 is 4.74 Å². The Morgan fingerprint density at radius 1 is 1.44 bits per heavy atom. The van der Waals surface area contributed by atoms with Gasteiger partial charge in [-0.2, -0.15) is 0 Å². The molecule has 2 nitrogen and oxygen atoms in total. The van der Waals surface area contributed by atoms with Gasteiger partial charge in [-0.25, -0.2) is 0 Å². The van der Waals surface area contributed by atoms with Gasteiger partial charge in [0.05, 0.1) is 0 Å². The zero-order valence-electron chi connectivity index (χ0n) is 9.99. The highest BCUT2D eigenvalue weighted by Gasteiger charge is 2.02. The van der Waals surface area contributed by atoms with E-state index in [0.29, 0.717) is 6.61 Å². The van der Waals surface area contributed by atoms with Crippen molar-refractivity contribution in [2.75, 3.05) is 6.61 Å². The molecule has 1 unspecified atom stereocenters. The van der Waals surface area contributed by atoms with Crippen molar-refractivity contribution in [3.63, 3.8) is 0 Å². The molecule has 0 aromatic heterocycles. The smallest absolute Gasteiger partial charge is 0.149 e. The monoisotopic (exact) mass is 217 g/mol. The molecule has 1 rings (SSSR count). The van der Waals surface area contributed by atoms with Gasteiger partial charge in [0.2, 0.25) is 0 Å². The number of ether oxygens (including phenoxy) is 1. The van der Waals surface area contributed by atoms with Crippen LogP contribution >= 0.6 is 0 Å². The largest absolute Gasteiger partial charge is 0.481 e. The van der Waals surface area contributed by atoms with E-state index in [1.807, 2.05) is 18.2 Å². The first-order valence-corrected chi connectivity index (χ1v) is 5.63. The molecule has 0 aliphatic carbocycles. The Hall–Kier alpha value is -1.46. The molecule has 16 heavy (non-hydrogen) atoms. The molecular formula is C14H19NO. The third-order valence-corrected chi connectivity index (χ3v) is 2.41. The lowest BCUT2D eigenvalue weighted by atomic mass is 10.0. The Morgan fingerprint density at radius 2 is 2.25 bits per heavy atom. The molecule has 0 saturated heterocycles. The third kappa shape index (κ3) is 4.37. The van der Waals surface area contributed by atoms with Gasteiger partial charge in [0.25, 0.3) is 0 Å². The van der Waals surface area contributed by atoms with Crippen molar-refractivity contribution >= 4 is 0 Å². The Bertz CT molecular complexity index is 376. The molecule has 2 N–H and O–H groups in total. The molecule has 0 aliphatic heterocycles. The number of rotatable bonds is 5. The van der Waals surface area contributed by atoms with Crippen LogP contribution in [0.25, 0.3) is 0 Å². The maximum Gasteiger partial charge on any atom is 0.149 e. The Kier molecular flexibility index (Phi) is 5.45. The number of nitrogens with two attached hydrogens (primary N) is 1. The van der Waals surface area contributed by atoms with Crippen molar-refractivity contribution in [2.24, 2.45) is 5.73 Å². The van der Waals surface area contributed by atoms with E-state index in [2.05, 4.69) is 24.8 Å². The predicted octanol–water partition coefficient (Wildman–Crippen LogP) is 2.37. The first-order valence-electron chi connectivity index (χ1n) is 5.63. The van der Waals surface area contributed by atoms with Crippen molar-refractivity contribution in [1.82, 2.24) is 0 Å². The van der Waals surface area contributed by atoms with Crippen molar-refractivity contribution in [3.05, 3.63) is 29.8 Å². The predicted molar refractivity (Wildman–Crippen MR) is 67.4 cm³/mol. The van der Waals surface area contributed by atoms with Crippen LogP contribution in [0.4, 0.5) is 0 Å². The van der Waals surface area contributed by atoms with Crippen LogP contribution in [0.1, 0.15) is 25.8 Å². The molecule has 1 atom stereocenters. The van der Waals surface area contributed by atoms with Gasteiger partial charge in [-0.05, 0) is 37.5 Å². The Morgan fingerprint density at radius 3 is 2.94 bits per heavy atom. The fourth-order valence-corrected chi connectivity index (χ4v) is 1.40. The van der Waals surface area contributed by atoms with E-state index in [-0.39, 0.29) is 6.04 Å². The molecule has 0 fully saturated rings.